The number of benzene rings is 2. The SMILES string of the molecule is COc1ccc(C2C(C#N)=C(N)SC(N)=C2C#N)c2ccccc12. The molecule has 4 N–H and O–H groups in total. The van der Waals surface area contributed by atoms with E-state index in [0.29, 0.717) is 21.2 Å². The Morgan fingerprint density at radius 3 is 2.08 bits per heavy atom. The number of nitriles is 2. The molecule has 24 heavy (non-hydrogen) atoms. The minimum atomic E-state index is -0.572. The lowest BCUT2D eigenvalue weighted by Gasteiger charge is -2.25. The number of allylic oxidation sites excluding steroid dienone is 2. The third-order valence-corrected chi connectivity index (χ3v) is 4.90. The first-order chi connectivity index (χ1) is 11.6. The predicted octanol–water partition coefficient (Wildman–Crippen LogP) is 3.07. The first kappa shape index (κ1) is 15.8. The van der Waals surface area contributed by atoms with Gasteiger partial charge in [0, 0.05) is 5.39 Å². The normalized spacial score (nSPS) is 15.3. The average molecular weight is 334 g/mol. The first-order valence-electron chi connectivity index (χ1n) is 7.15. The number of rotatable bonds is 2. The van der Waals surface area contributed by atoms with Gasteiger partial charge in [-0.05, 0) is 17.0 Å². The lowest BCUT2D eigenvalue weighted by molar-refractivity contribution is 0.419. The van der Waals surface area contributed by atoms with Crippen LogP contribution < -0.4 is 16.2 Å². The molecule has 6 heteroatoms. The van der Waals surface area contributed by atoms with E-state index in [1.807, 2.05) is 36.4 Å². The molecule has 0 radical (unpaired) electrons. The summed E-state index contributed by atoms with van der Waals surface area (Å²) < 4.78 is 5.41. The van der Waals surface area contributed by atoms with E-state index in [0.717, 1.165) is 33.8 Å². The number of fused-ring (bicyclic) bond motifs is 1. The minimum Gasteiger partial charge on any atom is -0.496 e. The Balaban J connectivity index is 2.35. The highest BCUT2D eigenvalue weighted by Gasteiger charge is 2.32. The van der Waals surface area contributed by atoms with Gasteiger partial charge in [0.25, 0.3) is 0 Å². The Kier molecular flexibility index (Phi) is 4.07. The van der Waals surface area contributed by atoms with Gasteiger partial charge in [0.15, 0.2) is 0 Å². The summed E-state index contributed by atoms with van der Waals surface area (Å²) in [6.45, 7) is 0. The van der Waals surface area contributed by atoms with Crippen LogP contribution in [-0.2, 0) is 0 Å². The van der Waals surface area contributed by atoms with Crippen LogP contribution in [0, 0.1) is 22.7 Å². The van der Waals surface area contributed by atoms with E-state index >= 15 is 0 Å². The summed E-state index contributed by atoms with van der Waals surface area (Å²) in [5, 5.41) is 21.6. The van der Waals surface area contributed by atoms with Gasteiger partial charge in [0.2, 0.25) is 0 Å². The van der Waals surface area contributed by atoms with Crippen LogP contribution in [0.15, 0.2) is 57.6 Å². The van der Waals surface area contributed by atoms with E-state index in [2.05, 4.69) is 12.1 Å². The molecule has 0 fully saturated rings. The average Bonchev–Trinajstić information content (AvgIpc) is 2.60. The quantitative estimate of drug-likeness (QED) is 0.873. The van der Waals surface area contributed by atoms with E-state index in [-0.39, 0.29) is 0 Å². The Bertz CT molecular complexity index is 943. The molecule has 1 heterocycles. The number of hydrogen-bond acceptors (Lipinski definition) is 6. The zero-order chi connectivity index (χ0) is 17.3. The minimum absolute atomic E-state index is 0.332. The summed E-state index contributed by atoms with van der Waals surface area (Å²) in [7, 11) is 1.61. The molecule has 2 aromatic carbocycles. The van der Waals surface area contributed by atoms with Crippen molar-refractivity contribution < 1.29 is 4.74 Å². The van der Waals surface area contributed by atoms with Crippen molar-refractivity contribution in [3.05, 3.63) is 63.2 Å². The number of hydrogen-bond donors (Lipinski definition) is 2. The van der Waals surface area contributed by atoms with Crippen LogP contribution in [0.5, 0.6) is 5.75 Å². The van der Waals surface area contributed by atoms with E-state index in [1.165, 1.54) is 0 Å². The summed E-state index contributed by atoms with van der Waals surface area (Å²) in [5.74, 6) is 0.155. The fraction of sp³-hybridized carbons (Fsp3) is 0.111. The molecule has 0 amide bonds. The number of methoxy groups -OCH3 is 1. The highest BCUT2D eigenvalue weighted by Crippen LogP contribution is 2.45. The molecule has 1 aliphatic heterocycles. The van der Waals surface area contributed by atoms with Crippen molar-refractivity contribution in [1.29, 1.82) is 10.5 Å². The van der Waals surface area contributed by atoms with Crippen molar-refractivity contribution in [2.75, 3.05) is 7.11 Å². The topological polar surface area (TPSA) is 109 Å². The Labute approximate surface area is 143 Å². The van der Waals surface area contributed by atoms with Gasteiger partial charge in [-0.2, -0.15) is 10.5 Å². The zero-order valence-electron chi connectivity index (χ0n) is 12.9. The second kappa shape index (κ2) is 6.19. The van der Waals surface area contributed by atoms with Crippen LogP contribution in [0.25, 0.3) is 10.8 Å². The van der Waals surface area contributed by atoms with Gasteiger partial charge in [-0.1, -0.05) is 42.1 Å². The molecule has 118 valence electrons. The monoisotopic (exact) mass is 334 g/mol. The number of ether oxygens (including phenoxy) is 1. The first-order valence-corrected chi connectivity index (χ1v) is 7.97. The lowest BCUT2D eigenvalue weighted by Crippen LogP contribution is -2.18. The van der Waals surface area contributed by atoms with Crippen LogP contribution in [0.1, 0.15) is 11.5 Å². The number of nitrogens with zero attached hydrogens (tertiary/aromatic N) is 2. The van der Waals surface area contributed by atoms with Gasteiger partial charge in [0.1, 0.15) is 5.75 Å². The van der Waals surface area contributed by atoms with Crippen LogP contribution in [0.3, 0.4) is 0 Å². The van der Waals surface area contributed by atoms with Gasteiger partial charge in [-0.3, -0.25) is 0 Å². The maximum absolute atomic E-state index is 9.57. The summed E-state index contributed by atoms with van der Waals surface area (Å²) in [4.78, 5) is 0. The largest absolute Gasteiger partial charge is 0.496 e. The maximum Gasteiger partial charge on any atom is 0.126 e. The standard InChI is InChI=1S/C18H14N4OS/c1-23-15-7-6-12(10-4-2-3-5-11(10)15)16-13(8-19)17(21)24-18(22)14(16)9-20/h2-7,16H,21-22H2,1H3. The Morgan fingerprint density at radius 2 is 1.54 bits per heavy atom. The molecule has 0 atom stereocenters. The van der Waals surface area contributed by atoms with Crippen LogP contribution in [0.4, 0.5) is 0 Å². The highest BCUT2D eigenvalue weighted by atomic mass is 32.2. The van der Waals surface area contributed by atoms with Crippen molar-refractivity contribution in [1.82, 2.24) is 0 Å². The smallest absolute Gasteiger partial charge is 0.126 e. The Hall–Kier alpha value is -3.09. The molecule has 0 spiro atoms. The van der Waals surface area contributed by atoms with E-state index < -0.39 is 5.92 Å². The van der Waals surface area contributed by atoms with Crippen molar-refractivity contribution in [3.63, 3.8) is 0 Å². The van der Waals surface area contributed by atoms with Crippen LogP contribution in [-0.4, -0.2) is 7.11 Å². The van der Waals surface area contributed by atoms with Crippen molar-refractivity contribution in [2.45, 2.75) is 5.92 Å². The molecule has 3 rings (SSSR count). The van der Waals surface area contributed by atoms with Gasteiger partial charge >= 0.3 is 0 Å². The van der Waals surface area contributed by atoms with Crippen LogP contribution >= 0.6 is 11.8 Å². The molecule has 0 bridgehead atoms. The Morgan fingerprint density at radius 1 is 0.958 bits per heavy atom. The predicted molar refractivity (Wildman–Crippen MR) is 94.5 cm³/mol. The highest BCUT2D eigenvalue weighted by molar-refractivity contribution is 8.06. The van der Waals surface area contributed by atoms with Crippen molar-refractivity contribution >= 4 is 22.5 Å². The third kappa shape index (κ3) is 2.34. The molecular weight excluding hydrogens is 320 g/mol. The second-order valence-corrected chi connectivity index (χ2v) is 6.30. The number of thioether (sulfide) groups is 1. The fourth-order valence-electron chi connectivity index (χ4n) is 2.93. The van der Waals surface area contributed by atoms with E-state index in [9.17, 15) is 10.5 Å². The molecule has 1 aliphatic rings. The van der Waals surface area contributed by atoms with Gasteiger partial charge < -0.3 is 16.2 Å². The summed E-state index contributed by atoms with van der Waals surface area (Å²) >= 11 is 1.06. The second-order valence-electron chi connectivity index (χ2n) is 5.22. The molecule has 0 unspecified atom stereocenters. The fourth-order valence-corrected chi connectivity index (χ4v) is 3.72. The molecular formula is C18H14N4OS. The summed E-state index contributed by atoms with van der Waals surface area (Å²) in [6.07, 6.45) is 0. The van der Waals surface area contributed by atoms with E-state index in [1.54, 1.807) is 7.11 Å². The molecule has 2 aromatic rings. The molecule has 0 saturated carbocycles. The molecule has 0 aromatic heterocycles. The van der Waals surface area contributed by atoms with Crippen molar-refractivity contribution in [2.24, 2.45) is 11.5 Å². The molecule has 5 nitrogen and oxygen atoms in total. The zero-order valence-corrected chi connectivity index (χ0v) is 13.7. The lowest BCUT2D eigenvalue weighted by atomic mass is 9.83. The van der Waals surface area contributed by atoms with Crippen molar-refractivity contribution in [3.8, 4) is 17.9 Å². The molecule has 0 aliphatic carbocycles. The van der Waals surface area contributed by atoms with Gasteiger partial charge in [-0.25, -0.2) is 0 Å². The van der Waals surface area contributed by atoms with Crippen LogP contribution in [0.2, 0.25) is 0 Å². The maximum atomic E-state index is 9.57. The third-order valence-electron chi connectivity index (χ3n) is 4.02. The molecule has 0 saturated heterocycles. The van der Waals surface area contributed by atoms with Gasteiger partial charge in [-0.15, -0.1) is 0 Å². The van der Waals surface area contributed by atoms with Gasteiger partial charge in [0.05, 0.1) is 46.4 Å². The number of nitrogens with two attached hydrogens (primary N) is 2. The summed E-state index contributed by atoms with van der Waals surface area (Å²) in [6, 6.07) is 15.7. The van der Waals surface area contributed by atoms with E-state index in [4.69, 9.17) is 16.2 Å². The summed E-state index contributed by atoms with van der Waals surface area (Å²) in [5.41, 5.74) is 13.5.